The molecule has 2 aromatic rings. The zero-order chi connectivity index (χ0) is 23.8. The summed E-state index contributed by atoms with van der Waals surface area (Å²) < 4.78 is 41.8. The highest BCUT2D eigenvalue weighted by atomic mass is 32.2. The van der Waals surface area contributed by atoms with Crippen molar-refractivity contribution in [3.63, 3.8) is 0 Å². The van der Waals surface area contributed by atoms with Crippen LogP contribution in [-0.2, 0) is 21.4 Å². The quantitative estimate of drug-likeness (QED) is 0.521. The Morgan fingerprint density at radius 2 is 1.94 bits per heavy atom. The Morgan fingerprint density at radius 1 is 1.21 bits per heavy atom. The minimum Gasteiger partial charge on any atom is -0.325 e. The van der Waals surface area contributed by atoms with Crippen LogP contribution in [0.15, 0.2) is 53.4 Å². The molecule has 2 atom stereocenters. The first-order valence-corrected chi connectivity index (χ1v) is 14.0. The normalized spacial score (nSPS) is 18.1. The number of hydrogen-bond acceptors (Lipinski definition) is 5. The summed E-state index contributed by atoms with van der Waals surface area (Å²) in [5.41, 5.74) is 1.76. The van der Waals surface area contributed by atoms with E-state index in [1.165, 1.54) is 48.4 Å². The van der Waals surface area contributed by atoms with Crippen LogP contribution >= 0.6 is 11.8 Å². The molecular formula is C24H32FN3O3S2. The number of anilines is 1. The predicted molar refractivity (Wildman–Crippen MR) is 132 cm³/mol. The number of hydrogen-bond donors (Lipinski definition) is 2. The van der Waals surface area contributed by atoms with Gasteiger partial charge in [-0.1, -0.05) is 31.2 Å². The van der Waals surface area contributed by atoms with Crippen LogP contribution < -0.4 is 10.0 Å². The maximum atomic E-state index is 14.0. The Labute approximate surface area is 200 Å². The maximum absolute atomic E-state index is 14.0. The molecule has 1 fully saturated rings. The van der Waals surface area contributed by atoms with Crippen molar-refractivity contribution in [3.8, 4) is 0 Å². The molecule has 0 bridgehead atoms. The van der Waals surface area contributed by atoms with E-state index in [0.29, 0.717) is 17.4 Å². The maximum Gasteiger partial charge on any atom is 0.244 e. The van der Waals surface area contributed by atoms with E-state index in [4.69, 9.17) is 0 Å². The van der Waals surface area contributed by atoms with Crippen LogP contribution in [0.3, 0.4) is 0 Å². The Balaban J connectivity index is 1.65. The third kappa shape index (κ3) is 7.53. The molecule has 1 heterocycles. The van der Waals surface area contributed by atoms with Gasteiger partial charge in [0.25, 0.3) is 0 Å². The van der Waals surface area contributed by atoms with Gasteiger partial charge in [-0.25, -0.2) is 12.8 Å². The fourth-order valence-electron chi connectivity index (χ4n) is 4.00. The molecule has 1 amide bonds. The van der Waals surface area contributed by atoms with Crippen LogP contribution in [0.1, 0.15) is 31.7 Å². The second-order valence-corrected chi connectivity index (χ2v) is 11.2. The molecule has 1 saturated heterocycles. The van der Waals surface area contributed by atoms with Gasteiger partial charge in [-0.2, -0.15) is 16.5 Å². The van der Waals surface area contributed by atoms with Gasteiger partial charge in [0.15, 0.2) is 0 Å². The molecule has 1 aliphatic heterocycles. The molecule has 1 aliphatic rings. The van der Waals surface area contributed by atoms with Gasteiger partial charge in [-0.15, -0.1) is 0 Å². The molecule has 3 rings (SSSR count). The van der Waals surface area contributed by atoms with Crippen molar-refractivity contribution in [2.45, 2.75) is 43.7 Å². The van der Waals surface area contributed by atoms with Gasteiger partial charge in [0.1, 0.15) is 16.8 Å². The molecule has 33 heavy (non-hydrogen) atoms. The van der Waals surface area contributed by atoms with E-state index in [-0.39, 0.29) is 6.42 Å². The average Bonchev–Trinajstić information content (AvgIpc) is 2.78. The van der Waals surface area contributed by atoms with Crippen LogP contribution in [0.4, 0.5) is 10.1 Å². The van der Waals surface area contributed by atoms with E-state index in [1.54, 1.807) is 0 Å². The summed E-state index contributed by atoms with van der Waals surface area (Å²) in [5, 5.41) is 2.79. The second-order valence-electron chi connectivity index (χ2n) is 8.55. The van der Waals surface area contributed by atoms with Gasteiger partial charge >= 0.3 is 0 Å². The number of nitrogens with one attached hydrogen (secondary N) is 2. The fourth-order valence-corrected chi connectivity index (χ4v) is 5.78. The number of rotatable bonds is 10. The first-order chi connectivity index (χ1) is 15.8. The molecule has 0 aromatic heterocycles. The third-order valence-corrected chi connectivity index (χ3v) is 7.87. The van der Waals surface area contributed by atoms with Crippen molar-refractivity contribution in [2.75, 3.05) is 30.4 Å². The molecule has 0 radical (unpaired) electrons. The van der Waals surface area contributed by atoms with Gasteiger partial charge in [-0.05, 0) is 73.6 Å². The standard InChI is InChI=1S/C24H32FN3O3S2/c1-18-6-5-14-28(16-18)17-19-9-11-20(12-10-19)26-24(29)22(13-15-32-2)27-33(30,31)23-8-4-3-7-21(23)25/h3-4,7-12,18,22,27H,5-6,13-17H2,1-2H3,(H,26,29). The zero-order valence-corrected chi connectivity index (χ0v) is 20.7. The Hall–Kier alpha value is -1.94. The fraction of sp³-hybridized carbons (Fsp3) is 0.458. The van der Waals surface area contributed by atoms with Crippen molar-refractivity contribution in [2.24, 2.45) is 5.92 Å². The molecule has 6 nitrogen and oxygen atoms in total. The van der Waals surface area contributed by atoms with E-state index >= 15 is 0 Å². The largest absolute Gasteiger partial charge is 0.325 e. The number of likely N-dealkylation sites (tertiary alicyclic amines) is 1. The average molecular weight is 494 g/mol. The van der Waals surface area contributed by atoms with Gasteiger partial charge < -0.3 is 5.32 Å². The molecule has 2 unspecified atom stereocenters. The molecule has 0 aliphatic carbocycles. The summed E-state index contributed by atoms with van der Waals surface area (Å²) in [6.07, 6.45) is 4.66. The van der Waals surface area contributed by atoms with Crippen LogP contribution in [0.2, 0.25) is 0 Å². The number of nitrogens with zero attached hydrogens (tertiary/aromatic N) is 1. The van der Waals surface area contributed by atoms with Crippen molar-refractivity contribution in [1.82, 2.24) is 9.62 Å². The van der Waals surface area contributed by atoms with Crippen molar-refractivity contribution >= 4 is 33.4 Å². The highest BCUT2D eigenvalue weighted by Gasteiger charge is 2.27. The van der Waals surface area contributed by atoms with Crippen molar-refractivity contribution in [1.29, 1.82) is 0 Å². The van der Waals surface area contributed by atoms with Crippen molar-refractivity contribution in [3.05, 3.63) is 59.9 Å². The third-order valence-electron chi connectivity index (χ3n) is 5.72. The zero-order valence-electron chi connectivity index (χ0n) is 19.1. The van der Waals surface area contributed by atoms with Crippen LogP contribution in [-0.4, -0.2) is 50.4 Å². The number of benzene rings is 2. The summed E-state index contributed by atoms with van der Waals surface area (Å²) in [4.78, 5) is 14.9. The number of thioether (sulfide) groups is 1. The Morgan fingerprint density at radius 3 is 2.61 bits per heavy atom. The molecule has 2 aromatic carbocycles. The number of carbonyl (C=O) groups excluding carboxylic acids is 1. The topological polar surface area (TPSA) is 78.5 Å². The summed E-state index contributed by atoms with van der Waals surface area (Å²) in [6, 6.07) is 11.7. The van der Waals surface area contributed by atoms with E-state index in [2.05, 4.69) is 21.9 Å². The van der Waals surface area contributed by atoms with Crippen LogP contribution in [0.5, 0.6) is 0 Å². The monoisotopic (exact) mass is 493 g/mol. The van der Waals surface area contributed by atoms with E-state index < -0.39 is 32.7 Å². The highest BCUT2D eigenvalue weighted by Crippen LogP contribution is 2.20. The lowest BCUT2D eigenvalue weighted by atomic mass is 10.00. The number of piperidine rings is 1. The lowest BCUT2D eigenvalue weighted by Crippen LogP contribution is -2.44. The second kappa shape index (κ2) is 12.0. The first kappa shape index (κ1) is 25.7. The van der Waals surface area contributed by atoms with Crippen LogP contribution in [0, 0.1) is 11.7 Å². The smallest absolute Gasteiger partial charge is 0.244 e. The SMILES string of the molecule is CSCCC(NS(=O)(=O)c1ccccc1F)C(=O)Nc1ccc(CN2CCCC(C)C2)cc1. The number of halogens is 1. The van der Waals surface area contributed by atoms with E-state index in [1.807, 2.05) is 30.5 Å². The highest BCUT2D eigenvalue weighted by molar-refractivity contribution is 7.98. The van der Waals surface area contributed by atoms with Gasteiger partial charge in [-0.3, -0.25) is 9.69 Å². The molecule has 0 saturated carbocycles. The molecule has 180 valence electrons. The summed E-state index contributed by atoms with van der Waals surface area (Å²) in [7, 11) is -4.19. The molecule has 0 spiro atoms. The lowest BCUT2D eigenvalue weighted by molar-refractivity contribution is -0.117. The molecule has 2 N–H and O–H groups in total. The lowest BCUT2D eigenvalue weighted by Gasteiger charge is -2.30. The molecule has 9 heteroatoms. The van der Waals surface area contributed by atoms with Gasteiger partial charge in [0.2, 0.25) is 15.9 Å². The van der Waals surface area contributed by atoms with Gasteiger partial charge in [0, 0.05) is 18.8 Å². The van der Waals surface area contributed by atoms with E-state index in [0.717, 1.165) is 25.7 Å². The number of sulfonamides is 1. The summed E-state index contributed by atoms with van der Waals surface area (Å²) in [6.45, 7) is 5.34. The minimum absolute atomic E-state index is 0.284. The summed E-state index contributed by atoms with van der Waals surface area (Å²) in [5.74, 6) is -0.0385. The van der Waals surface area contributed by atoms with Gasteiger partial charge in [0.05, 0.1) is 0 Å². The Kier molecular flexibility index (Phi) is 9.31. The van der Waals surface area contributed by atoms with E-state index in [9.17, 15) is 17.6 Å². The first-order valence-electron chi connectivity index (χ1n) is 11.2. The number of carbonyl (C=O) groups is 1. The minimum atomic E-state index is -4.19. The predicted octanol–water partition coefficient (Wildman–Crippen LogP) is 4.10. The molecular weight excluding hydrogens is 461 g/mol. The summed E-state index contributed by atoms with van der Waals surface area (Å²) >= 11 is 1.50. The number of amides is 1. The van der Waals surface area contributed by atoms with Crippen LogP contribution in [0.25, 0.3) is 0 Å². The van der Waals surface area contributed by atoms with Crippen molar-refractivity contribution < 1.29 is 17.6 Å². The Bertz CT molecular complexity index is 1030.